The predicted molar refractivity (Wildman–Crippen MR) is 129 cm³/mol. The Morgan fingerprint density at radius 1 is 1.26 bits per heavy atom. The number of nitrogens with one attached hydrogen (secondary N) is 1. The highest BCUT2D eigenvalue weighted by Crippen LogP contribution is 2.34. The van der Waals surface area contributed by atoms with Gasteiger partial charge in [0.2, 0.25) is 0 Å². The van der Waals surface area contributed by atoms with Gasteiger partial charge in [0.1, 0.15) is 0 Å². The third-order valence-corrected chi connectivity index (χ3v) is 7.33. The molecule has 0 saturated carbocycles. The number of benzene rings is 2. The van der Waals surface area contributed by atoms with Crippen LogP contribution in [0, 0.1) is 13.7 Å². The molecule has 1 heterocycles. The molecule has 0 fully saturated rings. The van der Waals surface area contributed by atoms with Gasteiger partial charge in [-0.3, -0.25) is 14.9 Å². The van der Waals surface area contributed by atoms with Gasteiger partial charge in [-0.25, -0.2) is 4.79 Å². The maximum absolute atomic E-state index is 13.2. The van der Waals surface area contributed by atoms with Gasteiger partial charge in [-0.2, -0.15) is 0 Å². The second-order valence-electron chi connectivity index (χ2n) is 6.66. The molecule has 31 heavy (non-hydrogen) atoms. The second-order valence-corrected chi connectivity index (χ2v) is 8.59. The molecule has 2 aromatic rings. The molecule has 2 aromatic carbocycles. The van der Waals surface area contributed by atoms with E-state index in [9.17, 15) is 19.7 Å². The molecular weight excluding hydrogens is 581 g/mol. The molecule has 10 heteroatoms. The SMILES string of the molecule is CCOC(=O)N1CCC(C(=O)Nc2cccc(Br)c2I)=C(c2ccccc2[N+](=O)[O-])C1. The van der Waals surface area contributed by atoms with E-state index in [1.807, 2.05) is 12.1 Å². The van der Waals surface area contributed by atoms with Crippen LogP contribution in [0.4, 0.5) is 16.2 Å². The van der Waals surface area contributed by atoms with E-state index in [4.69, 9.17) is 4.74 Å². The first-order valence-electron chi connectivity index (χ1n) is 9.46. The zero-order valence-electron chi connectivity index (χ0n) is 16.6. The van der Waals surface area contributed by atoms with E-state index in [0.29, 0.717) is 22.4 Å². The number of rotatable bonds is 5. The maximum Gasteiger partial charge on any atom is 0.410 e. The van der Waals surface area contributed by atoms with Crippen LogP contribution in [0.2, 0.25) is 0 Å². The number of para-hydroxylation sites is 1. The minimum atomic E-state index is -0.514. The highest BCUT2D eigenvalue weighted by molar-refractivity contribution is 14.1. The Hall–Kier alpha value is -2.47. The zero-order chi connectivity index (χ0) is 22.5. The summed E-state index contributed by atoms with van der Waals surface area (Å²) in [5.74, 6) is -0.354. The van der Waals surface area contributed by atoms with Crippen LogP contribution in [0.5, 0.6) is 0 Å². The molecular formula is C21H19BrIN3O5. The van der Waals surface area contributed by atoms with Crippen LogP contribution in [0.25, 0.3) is 5.57 Å². The molecule has 0 radical (unpaired) electrons. The van der Waals surface area contributed by atoms with E-state index in [2.05, 4.69) is 43.8 Å². The van der Waals surface area contributed by atoms with Crippen molar-refractivity contribution in [3.63, 3.8) is 0 Å². The summed E-state index contributed by atoms with van der Waals surface area (Å²) in [6.07, 6.45) is -0.268. The van der Waals surface area contributed by atoms with Gasteiger partial charge in [-0.05, 0) is 75.6 Å². The van der Waals surface area contributed by atoms with Gasteiger partial charge in [0, 0.05) is 22.7 Å². The average Bonchev–Trinajstić information content (AvgIpc) is 2.76. The van der Waals surface area contributed by atoms with Crippen LogP contribution in [0.3, 0.4) is 0 Å². The number of nitro benzene ring substituents is 1. The summed E-state index contributed by atoms with van der Waals surface area (Å²) in [5, 5.41) is 14.5. The molecule has 162 valence electrons. The third kappa shape index (κ3) is 5.24. The van der Waals surface area contributed by atoms with Gasteiger partial charge in [0.05, 0.1) is 32.9 Å². The minimum Gasteiger partial charge on any atom is -0.450 e. The fraction of sp³-hybridized carbons (Fsp3) is 0.238. The highest BCUT2D eigenvalue weighted by atomic mass is 127. The van der Waals surface area contributed by atoms with Crippen molar-refractivity contribution in [2.75, 3.05) is 25.0 Å². The van der Waals surface area contributed by atoms with Crippen molar-refractivity contribution in [3.05, 3.63) is 71.8 Å². The molecule has 1 aliphatic rings. The summed E-state index contributed by atoms with van der Waals surface area (Å²) in [4.78, 5) is 38.1. The Balaban J connectivity index is 2.05. The molecule has 1 N–H and O–H groups in total. The topological polar surface area (TPSA) is 102 Å². The quantitative estimate of drug-likeness (QED) is 0.289. The number of amides is 2. The van der Waals surface area contributed by atoms with Gasteiger partial charge in [-0.1, -0.05) is 18.2 Å². The van der Waals surface area contributed by atoms with Crippen molar-refractivity contribution in [1.29, 1.82) is 0 Å². The van der Waals surface area contributed by atoms with Crippen LogP contribution >= 0.6 is 38.5 Å². The smallest absolute Gasteiger partial charge is 0.410 e. The third-order valence-electron chi connectivity index (χ3n) is 4.77. The number of halogens is 2. The number of ether oxygens (including phenoxy) is 1. The number of hydrogen-bond acceptors (Lipinski definition) is 5. The van der Waals surface area contributed by atoms with E-state index >= 15 is 0 Å². The van der Waals surface area contributed by atoms with E-state index in [1.54, 1.807) is 31.2 Å². The summed E-state index contributed by atoms with van der Waals surface area (Å²) in [6, 6.07) is 11.7. The van der Waals surface area contributed by atoms with Crippen LogP contribution in [-0.4, -0.2) is 41.5 Å². The highest BCUT2D eigenvalue weighted by Gasteiger charge is 2.31. The van der Waals surface area contributed by atoms with Gasteiger partial charge >= 0.3 is 6.09 Å². The number of carbonyl (C=O) groups is 2. The summed E-state index contributed by atoms with van der Waals surface area (Å²) in [7, 11) is 0. The van der Waals surface area contributed by atoms with E-state index in [0.717, 1.165) is 8.04 Å². The molecule has 0 aromatic heterocycles. The van der Waals surface area contributed by atoms with Crippen LogP contribution < -0.4 is 5.32 Å². The number of nitrogens with zero attached hydrogens (tertiary/aromatic N) is 2. The summed E-state index contributed by atoms with van der Waals surface area (Å²) in [5.41, 5.74) is 1.67. The predicted octanol–water partition coefficient (Wildman–Crippen LogP) is 5.22. The second kappa shape index (κ2) is 10.2. The molecule has 0 aliphatic carbocycles. The van der Waals surface area contributed by atoms with E-state index in [-0.39, 0.29) is 37.7 Å². The lowest BCUT2D eigenvalue weighted by Crippen LogP contribution is -2.39. The Kier molecular flexibility index (Phi) is 7.65. The fourth-order valence-electron chi connectivity index (χ4n) is 3.32. The normalized spacial score (nSPS) is 13.7. The number of carbonyl (C=O) groups excluding carboxylic acids is 2. The van der Waals surface area contributed by atoms with Crippen LogP contribution in [0.15, 0.2) is 52.5 Å². The van der Waals surface area contributed by atoms with Crippen molar-refractivity contribution >= 4 is 67.5 Å². The standard InChI is InChI=1S/C21H19BrIN3O5/c1-2-31-21(28)25-11-10-14(20(27)24-17-8-5-7-16(22)19(17)23)15(12-25)13-6-3-4-9-18(13)26(29)30/h3-9H,2,10-12H2,1H3,(H,24,27). The number of nitro groups is 1. The molecule has 0 saturated heterocycles. The summed E-state index contributed by atoms with van der Waals surface area (Å²) < 4.78 is 6.77. The van der Waals surface area contributed by atoms with Crippen molar-refractivity contribution in [2.45, 2.75) is 13.3 Å². The number of hydrogen-bond donors (Lipinski definition) is 1. The molecule has 3 rings (SSSR count). The minimum absolute atomic E-state index is 0.0437. The van der Waals surface area contributed by atoms with Crippen molar-refractivity contribution in [1.82, 2.24) is 4.90 Å². The first-order valence-corrected chi connectivity index (χ1v) is 11.3. The van der Waals surface area contributed by atoms with Crippen LogP contribution in [0.1, 0.15) is 18.9 Å². The zero-order valence-corrected chi connectivity index (χ0v) is 20.3. The lowest BCUT2D eigenvalue weighted by molar-refractivity contribution is -0.385. The first-order chi connectivity index (χ1) is 14.8. The lowest BCUT2D eigenvalue weighted by Gasteiger charge is -2.30. The van der Waals surface area contributed by atoms with Gasteiger partial charge < -0.3 is 15.0 Å². The van der Waals surface area contributed by atoms with Gasteiger partial charge in [0.15, 0.2) is 0 Å². The lowest BCUT2D eigenvalue weighted by atomic mass is 9.92. The molecule has 0 spiro atoms. The summed E-state index contributed by atoms with van der Waals surface area (Å²) in [6.45, 7) is 2.25. The van der Waals surface area contributed by atoms with Crippen LogP contribution in [-0.2, 0) is 9.53 Å². The van der Waals surface area contributed by atoms with Gasteiger partial charge in [0.25, 0.3) is 11.6 Å². The Bertz CT molecular complexity index is 1070. The Labute approximate surface area is 201 Å². The van der Waals surface area contributed by atoms with E-state index < -0.39 is 11.0 Å². The first kappa shape index (κ1) is 23.2. The Morgan fingerprint density at radius 3 is 2.71 bits per heavy atom. The van der Waals surface area contributed by atoms with Gasteiger partial charge in [-0.15, -0.1) is 0 Å². The molecule has 0 bridgehead atoms. The molecule has 0 unspecified atom stereocenters. The monoisotopic (exact) mass is 599 g/mol. The largest absolute Gasteiger partial charge is 0.450 e. The maximum atomic E-state index is 13.2. The van der Waals surface area contributed by atoms with Crippen molar-refractivity contribution < 1.29 is 19.2 Å². The van der Waals surface area contributed by atoms with E-state index in [1.165, 1.54) is 11.0 Å². The molecule has 8 nitrogen and oxygen atoms in total. The summed E-state index contributed by atoms with van der Waals surface area (Å²) >= 11 is 5.57. The molecule has 2 amide bonds. The fourth-order valence-corrected chi connectivity index (χ4v) is 4.18. The Morgan fingerprint density at radius 2 is 2.00 bits per heavy atom. The molecule has 0 atom stereocenters. The van der Waals surface area contributed by atoms with Crippen molar-refractivity contribution in [2.24, 2.45) is 0 Å². The average molecular weight is 600 g/mol. The number of anilines is 1. The van der Waals surface area contributed by atoms with Crippen molar-refractivity contribution in [3.8, 4) is 0 Å². The molecule has 1 aliphatic heterocycles.